The highest BCUT2D eigenvalue weighted by Crippen LogP contribution is 2.17. The van der Waals surface area contributed by atoms with Gasteiger partial charge in [-0.05, 0) is 24.3 Å². The van der Waals surface area contributed by atoms with Gasteiger partial charge < -0.3 is 9.84 Å². The smallest absolute Gasteiger partial charge is 0.344 e. The fraction of sp³-hybridized carbons (Fsp3) is 0.300. The van der Waals surface area contributed by atoms with Crippen molar-refractivity contribution in [2.24, 2.45) is 0 Å². The highest BCUT2D eigenvalue weighted by molar-refractivity contribution is 6.30. The van der Waals surface area contributed by atoms with E-state index in [1.807, 2.05) is 0 Å². The average molecular weight is 249 g/mol. The van der Waals surface area contributed by atoms with Crippen LogP contribution in [0.3, 0.4) is 0 Å². The first-order valence-corrected chi connectivity index (χ1v) is 5.25. The Labute approximate surface area is 97.6 Å². The second-order valence-electron chi connectivity index (χ2n) is 2.88. The van der Waals surface area contributed by atoms with E-state index in [0.29, 0.717) is 10.8 Å². The van der Waals surface area contributed by atoms with E-state index in [4.69, 9.17) is 33.0 Å². The molecule has 1 rings (SSSR count). The lowest BCUT2D eigenvalue weighted by Gasteiger charge is -2.13. The zero-order chi connectivity index (χ0) is 11.3. The van der Waals surface area contributed by atoms with Crippen molar-refractivity contribution in [3.63, 3.8) is 0 Å². The van der Waals surface area contributed by atoms with Gasteiger partial charge in [0.25, 0.3) is 0 Å². The molecule has 15 heavy (non-hydrogen) atoms. The minimum Gasteiger partial charge on any atom is -0.479 e. The van der Waals surface area contributed by atoms with E-state index in [1.165, 1.54) is 0 Å². The molecule has 0 amide bonds. The van der Waals surface area contributed by atoms with Gasteiger partial charge in [-0.15, -0.1) is 11.6 Å². The SMILES string of the molecule is O=C(O)C(CCCl)Oc1ccc(Cl)cc1. The number of halogens is 2. The van der Waals surface area contributed by atoms with E-state index in [1.54, 1.807) is 24.3 Å². The van der Waals surface area contributed by atoms with Crippen LogP contribution in [-0.4, -0.2) is 23.1 Å². The van der Waals surface area contributed by atoms with Crippen LogP contribution < -0.4 is 4.74 Å². The van der Waals surface area contributed by atoms with Crippen molar-refractivity contribution in [2.75, 3.05) is 5.88 Å². The topological polar surface area (TPSA) is 46.5 Å². The number of ether oxygens (including phenoxy) is 1. The predicted octanol–water partition coefficient (Wildman–Crippen LogP) is 2.80. The molecule has 0 bridgehead atoms. The fourth-order valence-corrected chi connectivity index (χ4v) is 1.33. The van der Waals surface area contributed by atoms with Crippen molar-refractivity contribution in [1.82, 2.24) is 0 Å². The third-order valence-electron chi connectivity index (χ3n) is 1.74. The number of carboxylic acids is 1. The van der Waals surface area contributed by atoms with Gasteiger partial charge in [0.1, 0.15) is 5.75 Å². The molecular weight excluding hydrogens is 239 g/mol. The number of rotatable bonds is 5. The second-order valence-corrected chi connectivity index (χ2v) is 3.69. The van der Waals surface area contributed by atoms with Crippen LogP contribution >= 0.6 is 23.2 Å². The molecule has 0 heterocycles. The molecule has 0 spiro atoms. The summed E-state index contributed by atoms with van der Waals surface area (Å²) in [6, 6.07) is 6.51. The summed E-state index contributed by atoms with van der Waals surface area (Å²) in [5.74, 6) is -0.313. The molecule has 5 heteroatoms. The first-order valence-electron chi connectivity index (χ1n) is 4.34. The minimum atomic E-state index is -1.02. The fourth-order valence-electron chi connectivity index (χ4n) is 1.01. The summed E-state index contributed by atoms with van der Waals surface area (Å²) in [5, 5.41) is 9.39. The van der Waals surface area contributed by atoms with E-state index >= 15 is 0 Å². The zero-order valence-electron chi connectivity index (χ0n) is 7.82. The standard InChI is InChI=1S/C10H10Cl2O3/c11-6-5-9(10(13)14)15-8-3-1-7(12)2-4-8/h1-4,9H,5-6H2,(H,13,14). The van der Waals surface area contributed by atoms with Gasteiger partial charge in [-0.3, -0.25) is 0 Å². The first-order chi connectivity index (χ1) is 7.13. The Morgan fingerprint density at radius 3 is 2.47 bits per heavy atom. The average Bonchev–Trinajstić information content (AvgIpc) is 2.20. The molecule has 0 aromatic heterocycles. The van der Waals surface area contributed by atoms with Gasteiger partial charge in [-0.2, -0.15) is 0 Å². The molecule has 0 saturated heterocycles. The molecule has 1 N–H and O–H groups in total. The molecule has 1 unspecified atom stereocenters. The summed E-state index contributed by atoms with van der Waals surface area (Å²) in [5.41, 5.74) is 0. The zero-order valence-corrected chi connectivity index (χ0v) is 9.33. The van der Waals surface area contributed by atoms with Crippen LogP contribution in [0.25, 0.3) is 0 Å². The van der Waals surface area contributed by atoms with Gasteiger partial charge in [-0.1, -0.05) is 11.6 Å². The summed E-state index contributed by atoms with van der Waals surface area (Å²) in [7, 11) is 0. The molecular formula is C10H10Cl2O3. The summed E-state index contributed by atoms with van der Waals surface area (Å²) >= 11 is 11.1. The molecule has 1 aromatic rings. The number of aliphatic carboxylic acids is 1. The molecule has 1 atom stereocenters. The minimum absolute atomic E-state index is 0.241. The molecule has 1 aromatic carbocycles. The highest BCUT2D eigenvalue weighted by atomic mass is 35.5. The summed E-state index contributed by atoms with van der Waals surface area (Å²) < 4.78 is 5.23. The van der Waals surface area contributed by atoms with Gasteiger partial charge in [0.2, 0.25) is 0 Å². The molecule has 0 aliphatic heterocycles. The highest BCUT2D eigenvalue weighted by Gasteiger charge is 2.18. The number of alkyl halides is 1. The maximum Gasteiger partial charge on any atom is 0.344 e. The van der Waals surface area contributed by atoms with Crippen molar-refractivity contribution in [2.45, 2.75) is 12.5 Å². The van der Waals surface area contributed by atoms with Crippen molar-refractivity contribution in [3.8, 4) is 5.75 Å². The molecule has 0 saturated carbocycles. The Morgan fingerprint density at radius 1 is 1.40 bits per heavy atom. The molecule has 0 aliphatic rings. The Morgan fingerprint density at radius 2 is 2.00 bits per heavy atom. The molecule has 0 fully saturated rings. The Bertz CT molecular complexity index is 324. The maximum atomic E-state index is 10.8. The number of benzene rings is 1. The van der Waals surface area contributed by atoms with Crippen LogP contribution in [0, 0.1) is 0 Å². The van der Waals surface area contributed by atoms with Crippen molar-refractivity contribution >= 4 is 29.2 Å². The van der Waals surface area contributed by atoms with Crippen LogP contribution in [0.15, 0.2) is 24.3 Å². The van der Waals surface area contributed by atoms with E-state index < -0.39 is 12.1 Å². The van der Waals surface area contributed by atoms with E-state index in [-0.39, 0.29) is 12.3 Å². The summed E-state index contributed by atoms with van der Waals surface area (Å²) in [4.78, 5) is 10.8. The molecule has 3 nitrogen and oxygen atoms in total. The number of carbonyl (C=O) groups is 1. The van der Waals surface area contributed by atoms with Gasteiger partial charge in [0.15, 0.2) is 6.10 Å². The normalized spacial score (nSPS) is 12.1. The predicted molar refractivity (Wildman–Crippen MR) is 58.8 cm³/mol. The van der Waals surface area contributed by atoms with E-state index in [2.05, 4.69) is 0 Å². The van der Waals surface area contributed by atoms with Gasteiger partial charge in [-0.25, -0.2) is 4.79 Å². The van der Waals surface area contributed by atoms with Crippen LogP contribution in [0.1, 0.15) is 6.42 Å². The van der Waals surface area contributed by atoms with Gasteiger partial charge in [0, 0.05) is 17.3 Å². The van der Waals surface area contributed by atoms with Crippen LogP contribution in [0.2, 0.25) is 5.02 Å². The monoisotopic (exact) mass is 248 g/mol. The number of hydrogen-bond donors (Lipinski definition) is 1. The number of hydrogen-bond acceptors (Lipinski definition) is 2. The summed E-state index contributed by atoms with van der Waals surface area (Å²) in [6.45, 7) is 0. The Kier molecular flexibility index (Phi) is 4.72. The largest absolute Gasteiger partial charge is 0.479 e. The Balaban J connectivity index is 2.65. The maximum absolute atomic E-state index is 10.8. The van der Waals surface area contributed by atoms with Crippen LogP contribution in [-0.2, 0) is 4.79 Å². The van der Waals surface area contributed by atoms with Crippen molar-refractivity contribution in [3.05, 3.63) is 29.3 Å². The third-order valence-corrected chi connectivity index (χ3v) is 2.21. The van der Waals surface area contributed by atoms with Crippen molar-refractivity contribution in [1.29, 1.82) is 0 Å². The quantitative estimate of drug-likeness (QED) is 0.816. The lowest BCUT2D eigenvalue weighted by atomic mass is 10.2. The lowest BCUT2D eigenvalue weighted by Crippen LogP contribution is -2.27. The van der Waals surface area contributed by atoms with Gasteiger partial charge >= 0.3 is 5.97 Å². The van der Waals surface area contributed by atoms with Crippen LogP contribution in [0.4, 0.5) is 0 Å². The first kappa shape index (κ1) is 12.1. The molecule has 0 radical (unpaired) electrons. The van der Waals surface area contributed by atoms with E-state index in [9.17, 15) is 4.79 Å². The summed E-state index contributed by atoms with van der Waals surface area (Å²) in [6.07, 6.45) is -0.650. The number of carboxylic acid groups (broad SMARTS) is 1. The lowest BCUT2D eigenvalue weighted by molar-refractivity contribution is -0.145. The van der Waals surface area contributed by atoms with Crippen LogP contribution in [0.5, 0.6) is 5.75 Å². The van der Waals surface area contributed by atoms with Gasteiger partial charge in [0.05, 0.1) is 0 Å². The third kappa shape index (κ3) is 3.98. The van der Waals surface area contributed by atoms with Crippen molar-refractivity contribution < 1.29 is 14.6 Å². The second kappa shape index (κ2) is 5.83. The molecule has 0 aliphatic carbocycles. The van der Waals surface area contributed by atoms with E-state index in [0.717, 1.165) is 0 Å². The molecule has 82 valence electrons. The Hall–Kier alpha value is -0.930.